The molecular formula is C20H33N3O. The number of unbranched alkanes of at least 4 members (excludes halogenated alkanes) is 1. The molecule has 0 saturated heterocycles. The van der Waals surface area contributed by atoms with Gasteiger partial charge in [0.05, 0.1) is 6.61 Å². The van der Waals surface area contributed by atoms with Gasteiger partial charge in [-0.3, -0.25) is 4.99 Å². The predicted molar refractivity (Wildman–Crippen MR) is 101 cm³/mol. The maximum absolute atomic E-state index is 5.71. The largest absolute Gasteiger partial charge is 0.377 e. The lowest BCUT2D eigenvalue weighted by Crippen LogP contribution is -2.46. The minimum absolute atomic E-state index is 0.517. The van der Waals surface area contributed by atoms with Crippen LogP contribution in [-0.4, -0.2) is 32.7 Å². The van der Waals surface area contributed by atoms with Gasteiger partial charge in [0.2, 0.25) is 0 Å². The average molecular weight is 332 g/mol. The molecule has 134 valence electrons. The van der Waals surface area contributed by atoms with Crippen LogP contribution in [0.4, 0.5) is 0 Å². The highest BCUT2D eigenvalue weighted by Crippen LogP contribution is 2.42. The summed E-state index contributed by atoms with van der Waals surface area (Å²) in [7, 11) is 1.84. The maximum atomic E-state index is 5.71. The Balaban J connectivity index is 1.49. The molecule has 0 heterocycles. The normalized spacial score (nSPS) is 16.5. The molecule has 0 bridgehead atoms. The fourth-order valence-electron chi connectivity index (χ4n) is 3.12. The first kappa shape index (κ1) is 18.8. The fourth-order valence-corrected chi connectivity index (χ4v) is 3.12. The molecule has 2 rings (SSSR count). The van der Waals surface area contributed by atoms with Crippen molar-refractivity contribution >= 4 is 5.96 Å². The van der Waals surface area contributed by atoms with Crippen molar-refractivity contribution in [3.63, 3.8) is 0 Å². The third-order valence-electron chi connectivity index (χ3n) is 5.14. The van der Waals surface area contributed by atoms with Gasteiger partial charge >= 0.3 is 0 Å². The van der Waals surface area contributed by atoms with E-state index in [4.69, 9.17) is 4.74 Å². The number of nitrogens with zero attached hydrogens (tertiary/aromatic N) is 1. The van der Waals surface area contributed by atoms with Crippen molar-refractivity contribution in [2.75, 3.05) is 26.7 Å². The van der Waals surface area contributed by atoms with Crippen LogP contribution in [0.15, 0.2) is 35.3 Å². The Kier molecular flexibility index (Phi) is 8.10. The van der Waals surface area contributed by atoms with Crippen molar-refractivity contribution in [1.29, 1.82) is 0 Å². The molecule has 1 aliphatic carbocycles. The summed E-state index contributed by atoms with van der Waals surface area (Å²) in [5.74, 6) is 0.930. The van der Waals surface area contributed by atoms with Gasteiger partial charge in [-0.1, -0.05) is 43.7 Å². The Morgan fingerprint density at radius 1 is 1.17 bits per heavy atom. The molecule has 4 heteroatoms. The molecule has 1 saturated carbocycles. The molecule has 0 aromatic heterocycles. The van der Waals surface area contributed by atoms with E-state index in [1.807, 2.05) is 25.2 Å². The molecule has 0 unspecified atom stereocenters. The van der Waals surface area contributed by atoms with E-state index in [1.54, 1.807) is 0 Å². The first-order valence-corrected chi connectivity index (χ1v) is 9.34. The van der Waals surface area contributed by atoms with E-state index < -0.39 is 0 Å². The monoisotopic (exact) mass is 331 g/mol. The van der Waals surface area contributed by atoms with Gasteiger partial charge in [-0.15, -0.1) is 0 Å². The van der Waals surface area contributed by atoms with E-state index in [-0.39, 0.29) is 0 Å². The van der Waals surface area contributed by atoms with Crippen LogP contribution in [0.1, 0.15) is 51.0 Å². The summed E-state index contributed by atoms with van der Waals surface area (Å²) in [4.78, 5) is 4.32. The molecule has 2 N–H and O–H groups in total. The van der Waals surface area contributed by atoms with Crippen molar-refractivity contribution in [3.8, 4) is 0 Å². The van der Waals surface area contributed by atoms with Gasteiger partial charge < -0.3 is 15.4 Å². The van der Waals surface area contributed by atoms with Crippen molar-refractivity contribution in [1.82, 2.24) is 10.6 Å². The molecule has 1 aliphatic rings. The Morgan fingerprint density at radius 3 is 2.58 bits per heavy atom. The van der Waals surface area contributed by atoms with Gasteiger partial charge in [0, 0.05) is 26.7 Å². The molecule has 24 heavy (non-hydrogen) atoms. The number of guanidine groups is 1. The zero-order valence-electron chi connectivity index (χ0n) is 15.3. The number of hydrogen-bond donors (Lipinski definition) is 2. The quantitative estimate of drug-likeness (QED) is 0.390. The van der Waals surface area contributed by atoms with Gasteiger partial charge in [0.15, 0.2) is 5.96 Å². The van der Waals surface area contributed by atoms with Gasteiger partial charge in [-0.05, 0) is 43.1 Å². The van der Waals surface area contributed by atoms with Gasteiger partial charge in [0.25, 0.3) is 0 Å². The molecule has 0 atom stereocenters. The van der Waals surface area contributed by atoms with Crippen LogP contribution >= 0.6 is 0 Å². The summed E-state index contributed by atoms with van der Waals surface area (Å²) in [6.07, 6.45) is 7.50. The van der Waals surface area contributed by atoms with Crippen molar-refractivity contribution in [2.45, 2.75) is 52.1 Å². The van der Waals surface area contributed by atoms with E-state index in [9.17, 15) is 0 Å². The standard InChI is InChI=1S/C20H33N3O/c1-3-20(12-9-13-20)17-23-19(21-2)22-14-7-8-15-24-16-18-10-5-4-6-11-18/h4-6,10-11H,3,7-9,12-17H2,1-2H3,(H2,21,22,23). The van der Waals surface area contributed by atoms with E-state index in [2.05, 4.69) is 34.7 Å². The van der Waals surface area contributed by atoms with Crippen molar-refractivity contribution in [2.24, 2.45) is 10.4 Å². The summed E-state index contributed by atoms with van der Waals surface area (Å²) >= 11 is 0. The number of aliphatic imine (C=N–C) groups is 1. The molecule has 1 aromatic carbocycles. The van der Waals surface area contributed by atoms with Gasteiger partial charge in [-0.2, -0.15) is 0 Å². The summed E-state index contributed by atoms with van der Waals surface area (Å²) in [6.45, 7) is 5.79. The lowest BCUT2D eigenvalue weighted by Gasteiger charge is -2.41. The van der Waals surface area contributed by atoms with E-state index in [0.29, 0.717) is 12.0 Å². The second-order valence-corrected chi connectivity index (χ2v) is 6.80. The molecular weight excluding hydrogens is 298 g/mol. The SMILES string of the molecule is CCC1(CNC(=NC)NCCCCOCc2ccccc2)CCC1. The number of nitrogens with one attached hydrogen (secondary N) is 2. The topological polar surface area (TPSA) is 45.7 Å². The summed E-state index contributed by atoms with van der Waals surface area (Å²) in [6, 6.07) is 10.3. The first-order valence-electron chi connectivity index (χ1n) is 9.34. The second-order valence-electron chi connectivity index (χ2n) is 6.80. The number of hydrogen-bond acceptors (Lipinski definition) is 2. The fraction of sp³-hybridized carbons (Fsp3) is 0.650. The van der Waals surface area contributed by atoms with Crippen LogP contribution in [0.25, 0.3) is 0 Å². The zero-order valence-corrected chi connectivity index (χ0v) is 15.3. The van der Waals surface area contributed by atoms with E-state index in [0.717, 1.165) is 38.5 Å². The highest BCUT2D eigenvalue weighted by molar-refractivity contribution is 5.79. The highest BCUT2D eigenvalue weighted by Gasteiger charge is 2.34. The first-order chi connectivity index (χ1) is 11.8. The minimum Gasteiger partial charge on any atom is -0.377 e. The molecule has 0 spiro atoms. The summed E-state index contributed by atoms with van der Waals surface area (Å²) < 4.78 is 5.71. The Hall–Kier alpha value is -1.55. The number of ether oxygens (including phenoxy) is 1. The van der Waals surface area contributed by atoms with Crippen LogP contribution in [0.2, 0.25) is 0 Å². The molecule has 0 radical (unpaired) electrons. The van der Waals surface area contributed by atoms with Crippen LogP contribution in [-0.2, 0) is 11.3 Å². The Labute approximate surface area is 147 Å². The average Bonchev–Trinajstić information content (AvgIpc) is 2.59. The predicted octanol–water partition coefficient (Wildman–Crippen LogP) is 3.73. The number of rotatable bonds is 10. The van der Waals surface area contributed by atoms with Crippen molar-refractivity contribution in [3.05, 3.63) is 35.9 Å². The third-order valence-corrected chi connectivity index (χ3v) is 5.14. The van der Waals surface area contributed by atoms with Crippen LogP contribution < -0.4 is 10.6 Å². The molecule has 1 fully saturated rings. The summed E-state index contributed by atoms with van der Waals surface area (Å²) in [5.41, 5.74) is 1.75. The molecule has 0 amide bonds. The van der Waals surface area contributed by atoms with Crippen molar-refractivity contribution < 1.29 is 4.74 Å². The van der Waals surface area contributed by atoms with E-state index in [1.165, 1.54) is 31.2 Å². The maximum Gasteiger partial charge on any atom is 0.190 e. The lowest BCUT2D eigenvalue weighted by molar-refractivity contribution is 0.117. The molecule has 4 nitrogen and oxygen atoms in total. The summed E-state index contributed by atoms with van der Waals surface area (Å²) in [5, 5.41) is 6.90. The Bertz CT molecular complexity index is 477. The van der Waals surface area contributed by atoms with E-state index >= 15 is 0 Å². The molecule has 1 aromatic rings. The van der Waals surface area contributed by atoms with Crippen LogP contribution in [0.3, 0.4) is 0 Å². The van der Waals surface area contributed by atoms with Gasteiger partial charge in [-0.25, -0.2) is 0 Å². The van der Waals surface area contributed by atoms with Crippen LogP contribution in [0, 0.1) is 5.41 Å². The zero-order chi connectivity index (χ0) is 17.1. The van der Waals surface area contributed by atoms with Crippen LogP contribution in [0.5, 0.6) is 0 Å². The lowest BCUT2D eigenvalue weighted by atomic mass is 9.67. The third kappa shape index (κ3) is 6.16. The smallest absolute Gasteiger partial charge is 0.190 e. The second kappa shape index (κ2) is 10.3. The Morgan fingerprint density at radius 2 is 1.96 bits per heavy atom. The molecule has 0 aliphatic heterocycles. The van der Waals surface area contributed by atoms with Gasteiger partial charge in [0.1, 0.15) is 0 Å². The number of benzene rings is 1. The highest BCUT2D eigenvalue weighted by atomic mass is 16.5. The minimum atomic E-state index is 0.517.